The van der Waals surface area contributed by atoms with E-state index in [4.69, 9.17) is 9.47 Å². The van der Waals surface area contributed by atoms with Crippen LogP contribution in [0.2, 0.25) is 0 Å². The second kappa shape index (κ2) is 11.2. The second-order valence-electron chi connectivity index (χ2n) is 6.33. The highest BCUT2D eigenvalue weighted by molar-refractivity contribution is 8.00. The number of aromatic nitrogens is 2. The summed E-state index contributed by atoms with van der Waals surface area (Å²) in [5.74, 6) is -0.350. The van der Waals surface area contributed by atoms with Gasteiger partial charge in [0.25, 0.3) is 0 Å². The fourth-order valence-electron chi connectivity index (χ4n) is 2.63. The third-order valence-corrected chi connectivity index (χ3v) is 5.19. The van der Waals surface area contributed by atoms with E-state index < -0.39 is 5.97 Å². The van der Waals surface area contributed by atoms with Crippen molar-refractivity contribution in [3.05, 3.63) is 78.1 Å². The summed E-state index contributed by atoms with van der Waals surface area (Å²) in [4.78, 5) is 25.2. The van der Waals surface area contributed by atoms with Crippen LogP contribution in [0.4, 0.5) is 0 Å². The van der Waals surface area contributed by atoms with Gasteiger partial charge in [0.15, 0.2) is 0 Å². The van der Waals surface area contributed by atoms with Crippen LogP contribution < -0.4 is 5.32 Å². The maximum Gasteiger partial charge on any atom is 0.339 e. The van der Waals surface area contributed by atoms with E-state index in [9.17, 15) is 9.59 Å². The average Bonchev–Trinajstić information content (AvgIpc) is 3.26. The minimum absolute atomic E-state index is 0.113. The molecule has 0 aliphatic rings. The van der Waals surface area contributed by atoms with E-state index in [-0.39, 0.29) is 18.3 Å². The molecule has 0 aliphatic heterocycles. The van der Waals surface area contributed by atoms with Crippen LogP contribution in [0.5, 0.6) is 0 Å². The average molecular weight is 426 g/mol. The summed E-state index contributed by atoms with van der Waals surface area (Å²) in [5.41, 5.74) is 2.15. The van der Waals surface area contributed by atoms with Gasteiger partial charge in [0.2, 0.25) is 5.91 Å². The number of benzene rings is 2. The zero-order chi connectivity index (χ0) is 21.2. The highest BCUT2D eigenvalue weighted by Crippen LogP contribution is 2.23. The molecule has 1 amide bonds. The Labute approximate surface area is 179 Å². The van der Waals surface area contributed by atoms with E-state index in [1.54, 1.807) is 36.2 Å². The Balaban J connectivity index is 1.56. The number of nitrogens with one attached hydrogen (secondary N) is 1. The number of nitrogens with zero attached hydrogens (tertiary/aromatic N) is 2. The molecular weight excluding hydrogens is 402 g/mol. The monoisotopic (exact) mass is 425 g/mol. The van der Waals surface area contributed by atoms with Crippen molar-refractivity contribution in [1.82, 2.24) is 15.1 Å². The van der Waals surface area contributed by atoms with E-state index in [0.29, 0.717) is 23.6 Å². The van der Waals surface area contributed by atoms with E-state index in [1.165, 1.54) is 11.8 Å². The SMILES string of the molecule is COCCNC(=O)CSc1ccccc1C(=O)OCc1cnn(-c2ccccc2)c1. The van der Waals surface area contributed by atoms with E-state index in [1.807, 2.05) is 42.6 Å². The van der Waals surface area contributed by atoms with Gasteiger partial charge in [-0.05, 0) is 24.3 Å². The molecule has 156 valence electrons. The first-order valence-corrected chi connectivity index (χ1v) is 10.4. The van der Waals surface area contributed by atoms with E-state index >= 15 is 0 Å². The van der Waals surface area contributed by atoms with Gasteiger partial charge in [-0.25, -0.2) is 9.48 Å². The van der Waals surface area contributed by atoms with Gasteiger partial charge < -0.3 is 14.8 Å². The summed E-state index contributed by atoms with van der Waals surface area (Å²) in [6.45, 7) is 1.03. The first-order valence-electron chi connectivity index (χ1n) is 9.41. The van der Waals surface area contributed by atoms with Gasteiger partial charge in [0.1, 0.15) is 6.61 Å². The van der Waals surface area contributed by atoms with Crippen LogP contribution in [-0.4, -0.2) is 47.7 Å². The van der Waals surface area contributed by atoms with Gasteiger partial charge in [0, 0.05) is 30.3 Å². The molecular formula is C22H23N3O4S. The summed E-state index contributed by atoms with van der Waals surface area (Å²) in [7, 11) is 1.58. The fraction of sp³-hybridized carbons (Fsp3) is 0.227. The molecule has 0 fully saturated rings. The molecule has 0 aliphatic carbocycles. The first kappa shape index (κ1) is 21.6. The molecule has 0 radical (unpaired) electrons. The minimum Gasteiger partial charge on any atom is -0.457 e. The lowest BCUT2D eigenvalue weighted by Gasteiger charge is -2.09. The molecule has 0 saturated heterocycles. The molecule has 0 bridgehead atoms. The molecule has 7 nitrogen and oxygen atoms in total. The molecule has 2 aromatic carbocycles. The summed E-state index contributed by atoms with van der Waals surface area (Å²) >= 11 is 1.29. The number of ether oxygens (including phenoxy) is 2. The Bertz CT molecular complexity index is 975. The summed E-state index contributed by atoms with van der Waals surface area (Å²) < 4.78 is 12.1. The van der Waals surface area contributed by atoms with Crippen LogP contribution in [-0.2, 0) is 20.9 Å². The molecule has 0 spiro atoms. The predicted octanol–water partition coefficient (Wildman–Crippen LogP) is 3.08. The molecule has 3 aromatic rings. The predicted molar refractivity (Wildman–Crippen MR) is 115 cm³/mol. The lowest BCUT2D eigenvalue weighted by molar-refractivity contribution is -0.118. The van der Waals surface area contributed by atoms with Crippen LogP contribution in [0.15, 0.2) is 71.9 Å². The van der Waals surface area contributed by atoms with Gasteiger partial charge in [-0.1, -0.05) is 30.3 Å². The van der Waals surface area contributed by atoms with Gasteiger partial charge in [-0.2, -0.15) is 5.10 Å². The standard InChI is InChI=1S/C22H23N3O4S/c1-28-12-11-23-21(26)16-30-20-10-6-5-9-19(20)22(27)29-15-17-13-24-25(14-17)18-7-3-2-4-8-18/h2-10,13-14H,11-12,15-16H2,1H3,(H,23,26). The smallest absolute Gasteiger partial charge is 0.339 e. The number of amides is 1. The molecule has 1 N–H and O–H groups in total. The quantitative estimate of drug-likeness (QED) is 0.305. The zero-order valence-electron chi connectivity index (χ0n) is 16.6. The normalized spacial score (nSPS) is 10.6. The summed E-state index contributed by atoms with van der Waals surface area (Å²) in [5, 5.41) is 7.06. The Morgan fingerprint density at radius 3 is 2.67 bits per heavy atom. The fourth-order valence-corrected chi connectivity index (χ4v) is 3.50. The number of carbonyl (C=O) groups excluding carboxylic acids is 2. The number of thioether (sulfide) groups is 1. The van der Waals surface area contributed by atoms with Gasteiger partial charge >= 0.3 is 5.97 Å². The molecule has 8 heteroatoms. The lowest BCUT2D eigenvalue weighted by atomic mass is 10.2. The van der Waals surface area contributed by atoms with E-state index in [0.717, 1.165) is 11.3 Å². The maximum atomic E-state index is 12.6. The van der Waals surface area contributed by atoms with Gasteiger partial charge in [-0.3, -0.25) is 4.79 Å². The van der Waals surface area contributed by atoms with Gasteiger partial charge in [0.05, 0.1) is 29.8 Å². The number of methoxy groups -OCH3 is 1. The van der Waals surface area contributed by atoms with Crippen molar-refractivity contribution in [3.63, 3.8) is 0 Å². The zero-order valence-corrected chi connectivity index (χ0v) is 17.4. The lowest BCUT2D eigenvalue weighted by Crippen LogP contribution is -2.28. The van der Waals surface area contributed by atoms with Gasteiger partial charge in [-0.15, -0.1) is 11.8 Å². The first-order chi connectivity index (χ1) is 14.7. The topological polar surface area (TPSA) is 82.4 Å². The minimum atomic E-state index is -0.439. The van der Waals surface area contributed by atoms with Crippen molar-refractivity contribution in [3.8, 4) is 5.69 Å². The van der Waals surface area contributed by atoms with E-state index in [2.05, 4.69) is 10.4 Å². The Morgan fingerprint density at radius 1 is 1.10 bits per heavy atom. The van der Waals surface area contributed by atoms with Crippen molar-refractivity contribution in [1.29, 1.82) is 0 Å². The number of para-hydroxylation sites is 1. The summed E-state index contributed by atoms with van der Waals surface area (Å²) in [6.07, 6.45) is 3.50. The molecule has 0 saturated carbocycles. The van der Waals surface area contributed by atoms with Crippen LogP contribution in [0.1, 0.15) is 15.9 Å². The Kier molecular flexibility index (Phi) is 8.05. The Hall–Kier alpha value is -3.10. The number of carbonyl (C=O) groups is 2. The third kappa shape index (κ3) is 6.20. The van der Waals surface area contributed by atoms with Crippen LogP contribution in [0, 0.1) is 0 Å². The van der Waals surface area contributed by atoms with Crippen LogP contribution >= 0.6 is 11.8 Å². The van der Waals surface area contributed by atoms with Crippen molar-refractivity contribution in [2.75, 3.05) is 26.0 Å². The maximum absolute atomic E-state index is 12.6. The molecule has 0 atom stereocenters. The number of rotatable bonds is 10. The Morgan fingerprint density at radius 2 is 1.87 bits per heavy atom. The molecule has 0 unspecified atom stereocenters. The third-order valence-electron chi connectivity index (χ3n) is 4.12. The number of hydrogen-bond acceptors (Lipinski definition) is 6. The number of hydrogen-bond donors (Lipinski definition) is 1. The van der Waals surface area contributed by atoms with Crippen molar-refractivity contribution >= 4 is 23.6 Å². The number of esters is 1. The summed E-state index contributed by atoms with van der Waals surface area (Å²) in [6, 6.07) is 16.8. The van der Waals surface area contributed by atoms with Crippen LogP contribution in [0.3, 0.4) is 0 Å². The highest BCUT2D eigenvalue weighted by Gasteiger charge is 2.15. The van der Waals surface area contributed by atoms with Crippen molar-refractivity contribution < 1.29 is 19.1 Å². The highest BCUT2D eigenvalue weighted by atomic mass is 32.2. The second-order valence-corrected chi connectivity index (χ2v) is 7.35. The largest absolute Gasteiger partial charge is 0.457 e. The molecule has 3 rings (SSSR count). The van der Waals surface area contributed by atoms with Crippen molar-refractivity contribution in [2.45, 2.75) is 11.5 Å². The van der Waals surface area contributed by atoms with Crippen LogP contribution in [0.25, 0.3) is 5.69 Å². The van der Waals surface area contributed by atoms with Crippen molar-refractivity contribution in [2.24, 2.45) is 0 Å². The molecule has 1 aromatic heterocycles. The molecule has 1 heterocycles. The molecule has 30 heavy (non-hydrogen) atoms.